The molecule has 4 rings (SSSR count). The van der Waals surface area contributed by atoms with E-state index in [1.165, 1.54) is 16.4 Å². The number of para-hydroxylation sites is 1. The molecule has 0 bridgehead atoms. The van der Waals surface area contributed by atoms with Crippen molar-refractivity contribution in [1.82, 2.24) is 0 Å². The van der Waals surface area contributed by atoms with Gasteiger partial charge in [0.05, 0.1) is 22.3 Å². The quantitative estimate of drug-likeness (QED) is 0.444. The third-order valence-electron chi connectivity index (χ3n) is 5.57. The van der Waals surface area contributed by atoms with Crippen LogP contribution in [0.1, 0.15) is 34.8 Å². The molecule has 0 radical (unpaired) electrons. The summed E-state index contributed by atoms with van der Waals surface area (Å²) in [6.07, 6.45) is -3.02. The first-order valence-electron chi connectivity index (χ1n) is 10.2. The van der Waals surface area contributed by atoms with Crippen molar-refractivity contribution in [2.24, 2.45) is 0 Å². The number of halogens is 3. The summed E-state index contributed by atoms with van der Waals surface area (Å²) < 4.78 is 73.2. The molecule has 0 N–H and O–H groups in total. The minimum absolute atomic E-state index is 0.122. The number of sulfonamides is 1. The lowest BCUT2D eigenvalue weighted by Crippen LogP contribution is -2.35. The summed E-state index contributed by atoms with van der Waals surface area (Å²) in [5.74, 6) is 0. The fourth-order valence-electron chi connectivity index (χ4n) is 3.87. The summed E-state index contributed by atoms with van der Waals surface area (Å²) in [5, 5.41) is 0. The van der Waals surface area contributed by atoms with Gasteiger partial charge in [-0.15, -0.1) is 0 Å². The van der Waals surface area contributed by atoms with E-state index in [1.807, 2.05) is 19.1 Å². The van der Waals surface area contributed by atoms with Crippen molar-refractivity contribution in [2.45, 2.75) is 30.5 Å². The number of fused-ring (bicyclic) bond motifs is 1. The molecular weight excluding hydrogens is 451 g/mol. The van der Waals surface area contributed by atoms with E-state index in [9.17, 15) is 21.6 Å². The minimum Gasteiger partial charge on any atom is -0.376 e. The highest BCUT2D eigenvalue weighted by Gasteiger charge is 2.37. The standard InChI is InChI=1S/C25H22F3NO3S/c1-17-7-13-21(14-8-17)33(30,31)29-20(15-18-9-11-19(12-10-18)25(26,27)28)16-24(32-2)22-5-3-4-6-23(22)29/h3-15,24H,16H2,1-2H3/b20-15+/t24-/m0/s1. The van der Waals surface area contributed by atoms with E-state index in [0.29, 0.717) is 16.9 Å². The Labute approximate surface area is 191 Å². The van der Waals surface area contributed by atoms with Crippen LogP contribution < -0.4 is 4.31 Å². The average Bonchev–Trinajstić information content (AvgIpc) is 2.78. The zero-order valence-corrected chi connectivity index (χ0v) is 18.8. The van der Waals surface area contributed by atoms with Crippen molar-refractivity contribution in [3.8, 4) is 0 Å². The number of anilines is 1. The van der Waals surface area contributed by atoms with Gasteiger partial charge in [0.1, 0.15) is 0 Å². The molecule has 1 atom stereocenters. The molecule has 172 valence electrons. The van der Waals surface area contributed by atoms with Gasteiger partial charge in [-0.05, 0) is 48.9 Å². The Morgan fingerprint density at radius 3 is 2.21 bits per heavy atom. The Morgan fingerprint density at radius 2 is 1.61 bits per heavy atom. The molecule has 1 aliphatic rings. The highest BCUT2D eigenvalue weighted by atomic mass is 32.2. The largest absolute Gasteiger partial charge is 0.416 e. The van der Waals surface area contributed by atoms with Crippen LogP contribution in [0.4, 0.5) is 18.9 Å². The molecule has 3 aromatic carbocycles. The predicted molar refractivity (Wildman–Crippen MR) is 121 cm³/mol. The molecule has 4 nitrogen and oxygen atoms in total. The number of nitrogens with zero attached hydrogens (tertiary/aromatic N) is 1. The lowest BCUT2D eigenvalue weighted by Gasteiger charge is -2.36. The zero-order valence-electron chi connectivity index (χ0n) is 18.0. The Hall–Kier alpha value is -3.10. The van der Waals surface area contributed by atoms with Crippen LogP contribution in [0.5, 0.6) is 0 Å². The van der Waals surface area contributed by atoms with E-state index in [1.54, 1.807) is 49.6 Å². The second-order valence-electron chi connectivity index (χ2n) is 7.83. The molecule has 1 heterocycles. The monoisotopic (exact) mass is 473 g/mol. The summed E-state index contributed by atoms with van der Waals surface area (Å²) in [7, 11) is -2.45. The van der Waals surface area contributed by atoms with Crippen molar-refractivity contribution < 1.29 is 26.3 Å². The topological polar surface area (TPSA) is 46.6 Å². The van der Waals surface area contributed by atoms with Crippen LogP contribution in [0, 0.1) is 6.92 Å². The number of aryl methyl sites for hydroxylation is 1. The zero-order chi connectivity index (χ0) is 23.8. The molecule has 0 saturated heterocycles. The van der Waals surface area contributed by atoms with Gasteiger partial charge in [-0.3, -0.25) is 0 Å². The lowest BCUT2D eigenvalue weighted by atomic mass is 9.97. The molecule has 0 aliphatic carbocycles. The van der Waals surface area contributed by atoms with Crippen molar-refractivity contribution >= 4 is 21.8 Å². The van der Waals surface area contributed by atoms with Gasteiger partial charge in [0, 0.05) is 24.8 Å². The van der Waals surface area contributed by atoms with Gasteiger partial charge >= 0.3 is 6.18 Å². The van der Waals surface area contributed by atoms with Crippen LogP contribution in [0.15, 0.2) is 83.4 Å². The van der Waals surface area contributed by atoms with Gasteiger partial charge in [-0.1, -0.05) is 48.0 Å². The maximum Gasteiger partial charge on any atom is 0.416 e. The fraction of sp³-hybridized carbons (Fsp3) is 0.200. The first kappa shape index (κ1) is 23.1. The molecule has 0 fully saturated rings. The van der Waals surface area contributed by atoms with Crippen LogP contribution in [0.2, 0.25) is 0 Å². The number of rotatable bonds is 4. The predicted octanol–water partition coefficient (Wildman–Crippen LogP) is 6.34. The van der Waals surface area contributed by atoms with E-state index < -0.39 is 27.9 Å². The Bertz CT molecular complexity index is 1280. The summed E-state index contributed by atoms with van der Waals surface area (Å²) >= 11 is 0. The second-order valence-corrected chi connectivity index (χ2v) is 9.61. The molecule has 33 heavy (non-hydrogen) atoms. The summed E-state index contributed by atoms with van der Waals surface area (Å²) in [5.41, 5.74) is 2.19. The number of hydrogen-bond acceptors (Lipinski definition) is 3. The van der Waals surface area contributed by atoms with Gasteiger partial charge in [-0.2, -0.15) is 13.2 Å². The summed E-state index contributed by atoms with van der Waals surface area (Å²) in [6, 6.07) is 18.2. The smallest absolute Gasteiger partial charge is 0.376 e. The average molecular weight is 474 g/mol. The van der Waals surface area contributed by atoms with Gasteiger partial charge < -0.3 is 4.74 Å². The van der Waals surface area contributed by atoms with Crippen molar-refractivity contribution in [3.63, 3.8) is 0 Å². The number of alkyl halides is 3. The minimum atomic E-state index is -4.45. The second kappa shape index (κ2) is 8.68. The van der Waals surface area contributed by atoms with Crippen LogP contribution in [-0.2, 0) is 20.9 Å². The van der Waals surface area contributed by atoms with E-state index >= 15 is 0 Å². The highest BCUT2D eigenvalue weighted by molar-refractivity contribution is 7.93. The van der Waals surface area contributed by atoms with Gasteiger partial charge in [0.15, 0.2) is 0 Å². The first-order chi connectivity index (χ1) is 15.6. The number of hydrogen-bond donors (Lipinski definition) is 0. The maximum atomic E-state index is 13.7. The third-order valence-corrected chi connectivity index (χ3v) is 7.35. The molecule has 0 saturated carbocycles. The van der Waals surface area contributed by atoms with E-state index in [-0.39, 0.29) is 11.3 Å². The highest BCUT2D eigenvalue weighted by Crippen LogP contribution is 2.44. The molecule has 1 aliphatic heterocycles. The fourth-order valence-corrected chi connectivity index (χ4v) is 5.42. The van der Waals surface area contributed by atoms with Gasteiger partial charge in [0.2, 0.25) is 0 Å². The van der Waals surface area contributed by atoms with Gasteiger partial charge in [-0.25, -0.2) is 12.7 Å². The molecule has 3 aromatic rings. The Balaban J connectivity index is 1.87. The number of benzene rings is 3. The SMILES string of the molecule is CO[C@H]1C/C(=C\c2ccc(C(F)(F)F)cc2)N(S(=O)(=O)c2ccc(C)cc2)c2ccccc21. The first-order valence-corrected chi connectivity index (χ1v) is 11.7. The Morgan fingerprint density at radius 1 is 0.970 bits per heavy atom. The van der Waals surface area contributed by atoms with Crippen LogP contribution >= 0.6 is 0 Å². The maximum absolute atomic E-state index is 13.7. The Kier molecular flexibility index (Phi) is 6.07. The molecular formula is C25H22F3NO3S. The van der Waals surface area contributed by atoms with E-state index in [4.69, 9.17) is 4.74 Å². The lowest BCUT2D eigenvalue weighted by molar-refractivity contribution is -0.137. The van der Waals surface area contributed by atoms with Crippen molar-refractivity contribution in [2.75, 3.05) is 11.4 Å². The molecule has 8 heteroatoms. The van der Waals surface area contributed by atoms with Gasteiger partial charge in [0.25, 0.3) is 10.0 Å². The molecule has 0 aromatic heterocycles. The van der Waals surface area contributed by atoms with Crippen molar-refractivity contribution in [3.05, 3.63) is 101 Å². The molecule has 0 amide bonds. The molecule has 0 unspecified atom stereocenters. The number of methoxy groups -OCH3 is 1. The normalized spacial score (nSPS) is 17.8. The molecule has 0 spiro atoms. The van der Waals surface area contributed by atoms with E-state index in [0.717, 1.165) is 23.3 Å². The summed E-state index contributed by atoms with van der Waals surface area (Å²) in [6.45, 7) is 1.87. The van der Waals surface area contributed by atoms with Crippen LogP contribution in [0.25, 0.3) is 6.08 Å². The van der Waals surface area contributed by atoms with Crippen LogP contribution in [-0.4, -0.2) is 15.5 Å². The summed E-state index contributed by atoms with van der Waals surface area (Å²) in [4.78, 5) is 0.122. The van der Waals surface area contributed by atoms with Crippen LogP contribution in [0.3, 0.4) is 0 Å². The van der Waals surface area contributed by atoms with E-state index in [2.05, 4.69) is 0 Å². The van der Waals surface area contributed by atoms with Crippen molar-refractivity contribution in [1.29, 1.82) is 0 Å². The third kappa shape index (κ3) is 4.54. The number of ether oxygens (including phenoxy) is 1.